The van der Waals surface area contributed by atoms with Crippen molar-refractivity contribution < 1.29 is 29.3 Å². The van der Waals surface area contributed by atoms with E-state index in [9.17, 15) is 24.6 Å². The van der Waals surface area contributed by atoms with Gasteiger partial charge in [-0.15, -0.1) is 0 Å². The standard InChI is InChI=1S/C26H31NO6/c1-3-8-22(17-11-13-19(14-12-17)33-18-9-6-5-7-10-18)27(15-4-2)24(28)20-16-21(25(29)30)23(20)26(31)32/h5-7,9-14,20-23H,3-4,8,15-16H2,1-2H3,(H,29,30)(H,31,32)/t20?,21?,22-,23?/m0/s1. The summed E-state index contributed by atoms with van der Waals surface area (Å²) in [6.07, 6.45) is 2.34. The summed E-state index contributed by atoms with van der Waals surface area (Å²) in [4.78, 5) is 38.3. The number of para-hydroxylation sites is 1. The van der Waals surface area contributed by atoms with Crippen molar-refractivity contribution in [3.8, 4) is 11.5 Å². The smallest absolute Gasteiger partial charge is 0.308 e. The molecule has 0 bridgehead atoms. The molecule has 0 spiro atoms. The van der Waals surface area contributed by atoms with Crippen molar-refractivity contribution in [3.05, 3.63) is 60.2 Å². The number of rotatable bonds is 11. The minimum absolute atomic E-state index is 0.0635. The molecule has 3 unspecified atom stereocenters. The van der Waals surface area contributed by atoms with Crippen molar-refractivity contribution in [3.63, 3.8) is 0 Å². The predicted octanol–water partition coefficient (Wildman–Crippen LogP) is 4.98. The van der Waals surface area contributed by atoms with E-state index < -0.39 is 29.7 Å². The van der Waals surface area contributed by atoms with Crippen molar-refractivity contribution in [2.24, 2.45) is 17.8 Å². The monoisotopic (exact) mass is 453 g/mol. The molecular weight excluding hydrogens is 422 g/mol. The van der Waals surface area contributed by atoms with Crippen LogP contribution in [0, 0.1) is 17.8 Å². The van der Waals surface area contributed by atoms with Gasteiger partial charge in [-0.25, -0.2) is 0 Å². The van der Waals surface area contributed by atoms with Gasteiger partial charge in [-0.3, -0.25) is 14.4 Å². The zero-order chi connectivity index (χ0) is 24.0. The van der Waals surface area contributed by atoms with E-state index in [0.29, 0.717) is 18.7 Å². The van der Waals surface area contributed by atoms with Gasteiger partial charge in [0.05, 0.1) is 23.8 Å². The highest BCUT2D eigenvalue weighted by molar-refractivity contribution is 5.91. The first-order valence-electron chi connectivity index (χ1n) is 11.5. The zero-order valence-electron chi connectivity index (χ0n) is 19.0. The summed E-state index contributed by atoms with van der Waals surface area (Å²) in [5, 5.41) is 18.8. The molecule has 1 aliphatic rings. The normalized spacial score (nSPS) is 20.4. The Morgan fingerprint density at radius 1 is 0.909 bits per heavy atom. The molecule has 2 aromatic rings. The molecule has 176 valence electrons. The van der Waals surface area contributed by atoms with Gasteiger partial charge < -0.3 is 19.8 Å². The number of ether oxygens (including phenoxy) is 1. The van der Waals surface area contributed by atoms with Crippen LogP contribution in [0.15, 0.2) is 54.6 Å². The Kier molecular flexibility index (Phi) is 8.09. The van der Waals surface area contributed by atoms with Crippen LogP contribution in [0.4, 0.5) is 0 Å². The summed E-state index contributed by atoms with van der Waals surface area (Å²) in [6, 6.07) is 16.8. The lowest BCUT2D eigenvalue weighted by molar-refractivity contribution is -0.172. The summed E-state index contributed by atoms with van der Waals surface area (Å²) in [7, 11) is 0. The van der Waals surface area contributed by atoms with Crippen LogP contribution < -0.4 is 4.74 Å². The van der Waals surface area contributed by atoms with Gasteiger partial charge in [0.25, 0.3) is 0 Å². The highest BCUT2D eigenvalue weighted by Crippen LogP contribution is 2.43. The van der Waals surface area contributed by atoms with Crippen molar-refractivity contribution in [2.45, 2.75) is 45.6 Å². The van der Waals surface area contributed by atoms with Crippen molar-refractivity contribution in [2.75, 3.05) is 6.54 Å². The molecule has 2 aromatic carbocycles. The number of hydrogen-bond donors (Lipinski definition) is 2. The molecule has 0 radical (unpaired) electrons. The van der Waals surface area contributed by atoms with E-state index in [4.69, 9.17) is 4.74 Å². The summed E-state index contributed by atoms with van der Waals surface area (Å²) in [5.74, 6) is -4.25. The number of carbonyl (C=O) groups is 3. The number of hydrogen-bond acceptors (Lipinski definition) is 4. The van der Waals surface area contributed by atoms with Crippen LogP contribution in [0.1, 0.15) is 51.1 Å². The molecular formula is C26H31NO6. The summed E-state index contributed by atoms with van der Waals surface area (Å²) >= 11 is 0. The lowest BCUT2D eigenvalue weighted by Gasteiger charge is -2.43. The summed E-state index contributed by atoms with van der Waals surface area (Å²) in [5.41, 5.74) is 0.944. The third-order valence-electron chi connectivity index (χ3n) is 6.22. The van der Waals surface area contributed by atoms with Crippen LogP contribution in [-0.2, 0) is 14.4 Å². The lowest BCUT2D eigenvalue weighted by Crippen LogP contribution is -2.54. The fourth-order valence-electron chi connectivity index (χ4n) is 4.54. The van der Waals surface area contributed by atoms with Gasteiger partial charge in [0.15, 0.2) is 0 Å². The van der Waals surface area contributed by atoms with E-state index in [2.05, 4.69) is 0 Å². The highest BCUT2D eigenvalue weighted by Gasteiger charge is 2.54. The van der Waals surface area contributed by atoms with Gasteiger partial charge in [-0.2, -0.15) is 0 Å². The highest BCUT2D eigenvalue weighted by atomic mass is 16.5. The number of carboxylic acid groups (broad SMARTS) is 2. The molecule has 4 atom stereocenters. The number of carbonyl (C=O) groups excluding carboxylic acids is 1. The van der Waals surface area contributed by atoms with Crippen LogP contribution in [0.25, 0.3) is 0 Å². The molecule has 1 saturated carbocycles. The second kappa shape index (κ2) is 11.0. The third kappa shape index (κ3) is 5.53. The first kappa shape index (κ1) is 24.3. The Morgan fingerprint density at radius 3 is 2.09 bits per heavy atom. The van der Waals surface area contributed by atoms with Crippen LogP contribution in [0.5, 0.6) is 11.5 Å². The Balaban J connectivity index is 1.82. The number of nitrogens with zero attached hydrogens (tertiary/aromatic N) is 1. The van der Waals surface area contributed by atoms with Crippen molar-refractivity contribution in [1.29, 1.82) is 0 Å². The van der Waals surface area contributed by atoms with Gasteiger partial charge in [0.1, 0.15) is 11.5 Å². The van der Waals surface area contributed by atoms with Crippen LogP contribution in [0.2, 0.25) is 0 Å². The molecule has 0 aromatic heterocycles. The Morgan fingerprint density at radius 2 is 1.55 bits per heavy atom. The largest absolute Gasteiger partial charge is 0.481 e. The Bertz CT molecular complexity index is 959. The minimum atomic E-state index is -1.22. The van der Waals surface area contributed by atoms with E-state index in [1.807, 2.05) is 68.4 Å². The SMILES string of the molecule is CCC[C@@H](c1ccc(Oc2ccccc2)cc1)N(CCC)C(=O)C1CC(C(=O)O)C1C(=O)O. The first-order chi connectivity index (χ1) is 15.9. The molecule has 7 nitrogen and oxygen atoms in total. The molecule has 33 heavy (non-hydrogen) atoms. The van der Waals surface area contributed by atoms with E-state index >= 15 is 0 Å². The Labute approximate surface area is 194 Å². The maximum atomic E-state index is 13.4. The third-order valence-corrected chi connectivity index (χ3v) is 6.22. The lowest BCUT2D eigenvalue weighted by atomic mass is 9.64. The molecule has 3 rings (SSSR count). The first-order valence-corrected chi connectivity index (χ1v) is 11.5. The Hall–Kier alpha value is -3.35. The average Bonchev–Trinajstić information content (AvgIpc) is 2.76. The maximum Gasteiger partial charge on any atom is 0.308 e. The van der Waals surface area contributed by atoms with Gasteiger partial charge in [-0.1, -0.05) is 50.6 Å². The molecule has 0 aliphatic heterocycles. The fraction of sp³-hybridized carbons (Fsp3) is 0.423. The van der Waals surface area contributed by atoms with Crippen LogP contribution in [0.3, 0.4) is 0 Å². The van der Waals surface area contributed by atoms with Gasteiger partial charge in [0.2, 0.25) is 5.91 Å². The number of carboxylic acids is 2. The van der Waals surface area contributed by atoms with Gasteiger partial charge >= 0.3 is 11.9 Å². The molecule has 2 N–H and O–H groups in total. The van der Waals surface area contributed by atoms with E-state index in [1.54, 1.807) is 4.90 Å². The molecule has 1 aliphatic carbocycles. The van der Waals surface area contributed by atoms with Crippen molar-refractivity contribution in [1.82, 2.24) is 4.90 Å². The van der Waals surface area contributed by atoms with Gasteiger partial charge in [0, 0.05) is 6.54 Å². The second-order valence-electron chi connectivity index (χ2n) is 8.47. The van der Waals surface area contributed by atoms with Crippen LogP contribution >= 0.6 is 0 Å². The van der Waals surface area contributed by atoms with Gasteiger partial charge in [-0.05, 0) is 49.1 Å². The molecule has 0 heterocycles. The van der Waals surface area contributed by atoms with E-state index in [1.165, 1.54) is 0 Å². The number of aliphatic carboxylic acids is 2. The quantitative estimate of drug-likeness (QED) is 0.497. The number of benzene rings is 2. The summed E-state index contributed by atoms with van der Waals surface area (Å²) < 4.78 is 5.87. The molecule has 1 amide bonds. The summed E-state index contributed by atoms with van der Waals surface area (Å²) in [6.45, 7) is 4.49. The zero-order valence-corrected chi connectivity index (χ0v) is 19.0. The van der Waals surface area contributed by atoms with Crippen LogP contribution in [-0.4, -0.2) is 39.5 Å². The maximum absolute atomic E-state index is 13.4. The topological polar surface area (TPSA) is 104 Å². The minimum Gasteiger partial charge on any atom is -0.481 e. The molecule has 1 fully saturated rings. The second-order valence-corrected chi connectivity index (χ2v) is 8.47. The van der Waals surface area contributed by atoms with E-state index in [0.717, 1.165) is 24.2 Å². The molecule has 7 heteroatoms. The van der Waals surface area contributed by atoms with E-state index in [-0.39, 0.29) is 18.4 Å². The fourth-order valence-corrected chi connectivity index (χ4v) is 4.54. The average molecular weight is 454 g/mol. The van der Waals surface area contributed by atoms with Crippen molar-refractivity contribution >= 4 is 17.8 Å². The number of amides is 1. The molecule has 0 saturated heterocycles. The predicted molar refractivity (Wildman–Crippen MR) is 123 cm³/mol.